The summed E-state index contributed by atoms with van der Waals surface area (Å²) in [5, 5.41) is 18.3. The van der Waals surface area contributed by atoms with Crippen LogP contribution in [0, 0.1) is 0 Å². The van der Waals surface area contributed by atoms with Crippen LogP contribution in [-0.4, -0.2) is 43.7 Å². The average Bonchev–Trinajstić information content (AvgIpc) is 3.27. The zero-order chi connectivity index (χ0) is 17.1. The van der Waals surface area contributed by atoms with Gasteiger partial charge in [0, 0.05) is 25.5 Å². The standard InChI is InChI=1S/C18H21N5O2/c24-15(13-25-16-4-2-1-3-5-16)12-22-8-7-20-18(22)17-10-14-11-19-6-9-23(14)21-17/h1-5,7-8,10,15,19,24H,6,9,11-13H2/t15-/m0/s1. The van der Waals surface area contributed by atoms with Gasteiger partial charge in [0.25, 0.3) is 0 Å². The SMILES string of the molecule is O[C@H](COc1ccccc1)Cn1ccnc1-c1cc2n(n1)CCNC2. The highest BCUT2D eigenvalue weighted by atomic mass is 16.5. The van der Waals surface area contributed by atoms with Gasteiger partial charge in [-0.15, -0.1) is 0 Å². The minimum atomic E-state index is -0.632. The monoisotopic (exact) mass is 339 g/mol. The van der Waals surface area contributed by atoms with Gasteiger partial charge in [0.2, 0.25) is 0 Å². The molecular weight excluding hydrogens is 318 g/mol. The second kappa shape index (κ2) is 7.08. The van der Waals surface area contributed by atoms with E-state index in [-0.39, 0.29) is 6.61 Å². The minimum absolute atomic E-state index is 0.227. The normalized spacial score (nSPS) is 14.9. The van der Waals surface area contributed by atoms with Crippen LogP contribution in [-0.2, 0) is 19.6 Å². The molecule has 3 heterocycles. The fraction of sp³-hybridized carbons (Fsp3) is 0.333. The van der Waals surface area contributed by atoms with Gasteiger partial charge >= 0.3 is 0 Å². The van der Waals surface area contributed by atoms with Gasteiger partial charge in [-0.05, 0) is 18.2 Å². The Hall–Kier alpha value is -2.64. The van der Waals surface area contributed by atoms with Crippen molar-refractivity contribution in [3.05, 3.63) is 54.5 Å². The molecule has 25 heavy (non-hydrogen) atoms. The number of rotatable bonds is 6. The first-order valence-electron chi connectivity index (χ1n) is 8.44. The fourth-order valence-corrected chi connectivity index (χ4v) is 2.98. The summed E-state index contributed by atoms with van der Waals surface area (Å²) in [7, 11) is 0. The zero-order valence-electron chi connectivity index (χ0n) is 13.9. The highest BCUT2D eigenvalue weighted by molar-refractivity contribution is 5.50. The quantitative estimate of drug-likeness (QED) is 0.708. The Morgan fingerprint density at radius 2 is 2.16 bits per heavy atom. The maximum atomic E-state index is 10.3. The number of aromatic nitrogens is 4. The largest absolute Gasteiger partial charge is 0.491 e. The molecule has 2 aromatic heterocycles. The Labute approximate surface area is 145 Å². The summed E-state index contributed by atoms with van der Waals surface area (Å²) in [5.74, 6) is 1.52. The van der Waals surface area contributed by atoms with Crippen molar-refractivity contribution in [3.63, 3.8) is 0 Å². The number of aliphatic hydroxyl groups is 1. The van der Waals surface area contributed by atoms with E-state index in [0.717, 1.165) is 42.6 Å². The van der Waals surface area contributed by atoms with Gasteiger partial charge in [0.15, 0.2) is 5.82 Å². The molecular formula is C18H21N5O2. The van der Waals surface area contributed by atoms with Gasteiger partial charge in [0.05, 0.1) is 18.8 Å². The minimum Gasteiger partial charge on any atom is -0.491 e. The van der Waals surface area contributed by atoms with Crippen LogP contribution in [0.5, 0.6) is 5.75 Å². The first kappa shape index (κ1) is 15.9. The number of imidazole rings is 1. The van der Waals surface area contributed by atoms with Crippen LogP contribution in [0.15, 0.2) is 48.8 Å². The molecule has 1 aliphatic heterocycles. The lowest BCUT2D eigenvalue weighted by molar-refractivity contribution is 0.0928. The summed E-state index contributed by atoms with van der Waals surface area (Å²) in [6, 6.07) is 11.5. The molecule has 7 heteroatoms. The van der Waals surface area contributed by atoms with Crippen molar-refractivity contribution in [2.24, 2.45) is 0 Å². The fourth-order valence-electron chi connectivity index (χ4n) is 2.98. The molecule has 0 saturated carbocycles. The van der Waals surface area contributed by atoms with Gasteiger partial charge in [-0.3, -0.25) is 4.68 Å². The number of hydrogen-bond donors (Lipinski definition) is 2. The summed E-state index contributed by atoms with van der Waals surface area (Å²) in [6.07, 6.45) is 2.96. The molecule has 0 fully saturated rings. The summed E-state index contributed by atoms with van der Waals surface area (Å²) >= 11 is 0. The van der Waals surface area contributed by atoms with Crippen LogP contribution in [0.3, 0.4) is 0 Å². The van der Waals surface area contributed by atoms with Crippen LogP contribution >= 0.6 is 0 Å². The number of aliphatic hydroxyl groups excluding tert-OH is 1. The molecule has 1 aliphatic rings. The van der Waals surface area contributed by atoms with Crippen LogP contribution in [0.25, 0.3) is 11.5 Å². The van der Waals surface area contributed by atoms with Crippen LogP contribution in [0.1, 0.15) is 5.69 Å². The third-order valence-electron chi connectivity index (χ3n) is 4.21. The Morgan fingerprint density at radius 3 is 3.00 bits per heavy atom. The molecule has 0 amide bonds. The van der Waals surface area contributed by atoms with Crippen LogP contribution in [0.4, 0.5) is 0 Å². The number of nitrogens with one attached hydrogen (secondary N) is 1. The van der Waals surface area contributed by atoms with E-state index in [1.165, 1.54) is 0 Å². The molecule has 0 radical (unpaired) electrons. The summed E-state index contributed by atoms with van der Waals surface area (Å²) in [6.45, 7) is 3.25. The van der Waals surface area contributed by atoms with Crippen molar-refractivity contribution in [2.45, 2.75) is 25.7 Å². The van der Waals surface area contributed by atoms with Crippen LogP contribution in [0.2, 0.25) is 0 Å². The predicted octanol–water partition coefficient (Wildman–Crippen LogP) is 1.29. The average molecular weight is 339 g/mol. The summed E-state index contributed by atoms with van der Waals surface area (Å²) in [5.41, 5.74) is 1.99. The van der Waals surface area contributed by atoms with E-state index in [4.69, 9.17) is 4.74 Å². The number of benzene rings is 1. The van der Waals surface area contributed by atoms with E-state index in [2.05, 4.69) is 21.5 Å². The summed E-state index contributed by atoms with van der Waals surface area (Å²) in [4.78, 5) is 4.42. The van der Waals surface area contributed by atoms with Crippen molar-refractivity contribution in [2.75, 3.05) is 13.2 Å². The van der Waals surface area contributed by atoms with Gasteiger partial charge in [-0.1, -0.05) is 18.2 Å². The van der Waals surface area contributed by atoms with Crippen LogP contribution < -0.4 is 10.1 Å². The van der Waals surface area contributed by atoms with Gasteiger partial charge in [-0.25, -0.2) is 4.98 Å². The molecule has 0 bridgehead atoms. The maximum Gasteiger partial charge on any atom is 0.160 e. The second-order valence-electron chi connectivity index (χ2n) is 6.10. The molecule has 2 N–H and O–H groups in total. The molecule has 4 rings (SSSR count). The van der Waals surface area contributed by atoms with E-state index in [9.17, 15) is 5.11 Å². The van der Waals surface area contributed by atoms with Gasteiger partial charge in [-0.2, -0.15) is 5.10 Å². The van der Waals surface area contributed by atoms with E-state index in [1.54, 1.807) is 6.20 Å². The molecule has 1 aromatic carbocycles. The van der Waals surface area contributed by atoms with E-state index in [1.807, 2.05) is 45.8 Å². The number of para-hydroxylation sites is 1. The third-order valence-corrected chi connectivity index (χ3v) is 4.21. The Morgan fingerprint density at radius 1 is 1.28 bits per heavy atom. The Bertz CT molecular complexity index is 804. The van der Waals surface area contributed by atoms with E-state index >= 15 is 0 Å². The number of hydrogen-bond acceptors (Lipinski definition) is 5. The number of ether oxygens (including phenoxy) is 1. The highest BCUT2D eigenvalue weighted by Crippen LogP contribution is 2.19. The maximum absolute atomic E-state index is 10.3. The van der Waals surface area contributed by atoms with Crippen molar-refractivity contribution in [1.82, 2.24) is 24.6 Å². The van der Waals surface area contributed by atoms with Gasteiger partial charge in [0.1, 0.15) is 24.2 Å². The van der Waals surface area contributed by atoms with Crippen molar-refractivity contribution < 1.29 is 9.84 Å². The lowest BCUT2D eigenvalue weighted by atomic mass is 10.3. The second-order valence-corrected chi connectivity index (χ2v) is 6.10. The molecule has 1 atom stereocenters. The molecule has 0 aliphatic carbocycles. The molecule has 3 aromatic rings. The molecule has 0 saturated heterocycles. The molecule has 7 nitrogen and oxygen atoms in total. The van der Waals surface area contributed by atoms with E-state index in [0.29, 0.717) is 6.54 Å². The lowest BCUT2D eigenvalue weighted by Crippen LogP contribution is -2.28. The predicted molar refractivity (Wildman–Crippen MR) is 93.1 cm³/mol. The topological polar surface area (TPSA) is 77.1 Å². The summed E-state index contributed by atoms with van der Waals surface area (Å²) < 4.78 is 9.55. The zero-order valence-corrected chi connectivity index (χ0v) is 13.9. The third kappa shape index (κ3) is 3.57. The number of fused-ring (bicyclic) bond motifs is 1. The lowest BCUT2D eigenvalue weighted by Gasteiger charge is -2.14. The molecule has 0 unspecified atom stereocenters. The van der Waals surface area contributed by atoms with E-state index < -0.39 is 6.10 Å². The van der Waals surface area contributed by atoms with Crippen molar-refractivity contribution >= 4 is 0 Å². The first-order chi connectivity index (χ1) is 12.3. The van der Waals surface area contributed by atoms with Crippen molar-refractivity contribution in [1.29, 1.82) is 0 Å². The van der Waals surface area contributed by atoms with Crippen molar-refractivity contribution in [3.8, 4) is 17.3 Å². The Kier molecular flexibility index (Phi) is 4.49. The number of nitrogens with zero attached hydrogens (tertiary/aromatic N) is 4. The molecule has 130 valence electrons. The first-order valence-corrected chi connectivity index (χ1v) is 8.44. The smallest absolute Gasteiger partial charge is 0.160 e. The molecule has 0 spiro atoms. The van der Waals surface area contributed by atoms with Gasteiger partial charge < -0.3 is 19.7 Å². The highest BCUT2D eigenvalue weighted by Gasteiger charge is 2.17. The Balaban J connectivity index is 1.43.